The number of tetrazole rings is 1. The fourth-order valence-corrected chi connectivity index (χ4v) is 2.88. The standard InChI is InChI=1S/C14H15N5S/c1-2-11-7-8-12(20-11)9-15-13-5-3-4-6-14(13)19-10-16-17-18-19/h3-8,10,15H,2,9H2,1H3. The number of nitrogens with one attached hydrogen (secondary N) is 1. The zero-order valence-corrected chi connectivity index (χ0v) is 12.0. The van der Waals surface area contributed by atoms with Gasteiger partial charge in [0.25, 0.3) is 0 Å². The SMILES string of the molecule is CCc1ccc(CNc2ccccc2-n2cnnn2)s1. The molecule has 0 aliphatic carbocycles. The second kappa shape index (κ2) is 5.83. The van der Waals surface area contributed by atoms with Gasteiger partial charge < -0.3 is 5.32 Å². The molecule has 102 valence electrons. The quantitative estimate of drug-likeness (QED) is 0.783. The van der Waals surface area contributed by atoms with Crippen LogP contribution in [0.1, 0.15) is 16.7 Å². The molecule has 2 heterocycles. The molecular formula is C14H15N5S. The highest BCUT2D eigenvalue weighted by molar-refractivity contribution is 7.12. The smallest absolute Gasteiger partial charge is 0.143 e. The minimum atomic E-state index is 0.809. The Labute approximate surface area is 121 Å². The number of anilines is 1. The Morgan fingerprint density at radius 3 is 2.75 bits per heavy atom. The predicted octanol–water partition coefficient (Wildman–Crippen LogP) is 2.90. The maximum absolute atomic E-state index is 3.94. The number of para-hydroxylation sites is 2. The highest BCUT2D eigenvalue weighted by Crippen LogP contribution is 2.22. The van der Waals surface area contributed by atoms with E-state index in [0.29, 0.717) is 0 Å². The van der Waals surface area contributed by atoms with E-state index in [0.717, 1.165) is 24.3 Å². The van der Waals surface area contributed by atoms with E-state index >= 15 is 0 Å². The van der Waals surface area contributed by atoms with E-state index in [1.165, 1.54) is 9.75 Å². The predicted molar refractivity (Wildman–Crippen MR) is 80.2 cm³/mol. The molecule has 0 saturated carbocycles. The summed E-state index contributed by atoms with van der Waals surface area (Å²) >= 11 is 1.85. The first-order valence-electron chi connectivity index (χ1n) is 6.50. The number of aryl methyl sites for hydroxylation is 1. The molecule has 0 unspecified atom stereocenters. The summed E-state index contributed by atoms with van der Waals surface area (Å²) in [7, 11) is 0. The van der Waals surface area contributed by atoms with E-state index in [1.807, 2.05) is 35.6 Å². The van der Waals surface area contributed by atoms with Gasteiger partial charge in [-0.2, -0.15) is 4.68 Å². The van der Waals surface area contributed by atoms with E-state index in [9.17, 15) is 0 Å². The number of rotatable bonds is 5. The van der Waals surface area contributed by atoms with Crippen molar-refractivity contribution in [2.75, 3.05) is 5.32 Å². The topological polar surface area (TPSA) is 55.6 Å². The second-order valence-electron chi connectivity index (χ2n) is 4.35. The van der Waals surface area contributed by atoms with Gasteiger partial charge in [0.15, 0.2) is 0 Å². The molecule has 3 rings (SSSR count). The third-order valence-corrected chi connectivity index (χ3v) is 4.25. The Hall–Kier alpha value is -2.21. The molecule has 5 nitrogen and oxygen atoms in total. The van der Waals surface area contributed by atoms with Crippen molar-refractivity contribution in [3.8, 4) is 5.69 Å². The molecule has 0 fully saturated rings. The molecule has 3 aromatic rings. The van der Waals surface area contributed by atoms with Crippen LogP contribution in [0.4, 0.5) is 5.69 Å². The highest BCUT2D eigenvalue weighted by atomic mass is 32.1. The van der Waals surface area contributed by atoms with Crippen LogP contribution in [0.15, 0.2) is 42.7 Å². The Bertz CT molecular complexity index is 674. The van der Waals surface area contributed by atoms with Gasteiger partial charge in [0, 0.05) is 16.3 Å². The van der Waals surface area contributed by atoms with Crippen molar-refractivity contribution in [1.82, 2.24) is 20.2 Å². The number of hydrogen-bond donors (Lipinski definition) is 1. The lowest BCUT2D eigenvalue weighted by molar-refractivity contribution is 0.789. The molecule has 20 heavy (non-hydrogen) atoms. The van der Waals surface area contributed by atoms with Crippen molar-refractivity contribution < 1.29 is 0 Å². The van der Waals surface area contributed by atoms with Crippen LogP contribution in [0.3, 0.4) is 0 Å². The lowest BCUT2D eigenvalue weighted by atomic mass is 10.2. The molecule has 0 atom stereocenters. The molecule has 0 bridgehead atoms. The summed E-state index contributed by atoms with van der Waals surface area (Å²) in [5.74, 6) is 0. The summed E-state index contributed by atoms with van der Waals surface area (Å²) in [5.41, 5.74) is 1.97. The number of hydrogen-bond acceptors (Lipinski definition) is 5. The molecule has 2 aromatic heterocycles. The van der Waals surface area contributed by atoms with Crippen LogP contribution in [-0.4, -0.2) is 20.2 Å². The van der Waals surface area contributed by atoms with Gasteiger partial charge in [-0.25, -0.2) is 0 Å². The van der Waals surface area contributed by atoms with E-state index in [1.54, 1.807) is 11.0 Å². The fraction of sp³-hybridized carbons (Fsp3) is 0.214. The van der Waals surface area contributed by atoms with Crippen LogP contribution in [0.2, 0.25) is 0 Å². The summed E-state index contributed by atoms with van der Waals surface area (Å²) < 4.78 is 1.66. The normalized spacial score (nSPS) is 10.7. The zero-order valence-electron chi connectivity index (χ0n) is 11.2. The Morgan fingerprint density at radius 1 is 1.15 bits per heavy atom. The van der Waals surface area contributed by atoms with Crippen molar-refractivity contribution in [2.24, 2.45) is 0 Å². The first-order valence-corrected chi connectivity index (χ1v) is 7.32. The minimum Gasteiger partial charge on any atom is -0.378 e. The van der Waals surface area contributed by atoms with Crippen molar-refractivity contribution >= 4 is 17.0 Å². The fourth-order valence-electron chi connectivity index (χ4n) is 1.98. The van der Waals surface area contributed by atoms with Crippen LogP contribution >= 0.6 is 11.3 Å². The van der Waals surface area contributed by atoms with Crippen LogP contribution in [0, 0.1) is 0 Å². The molecule has 6 heteroatoms. The Balaban J connectivity index is 1.77. The first kappa shape index (κ1) is 12.8. The minimum absolute atomic E-state index is 0.809. The lowest BCUT2D eigenvalue weighted by Crippen LogP contribution is -2.04. The summed E-state index contributed by atoms with van der Waals surface area (Å²) in [6.45, 7) is 2.99. The van der Waals surface area contributed by atoms with Crippen molar-refractivity contribution in [2.45, 2.75) is 19.9 Å². The van der Waals surface area contributed by atoms with Crippen molar-refractivity contribution in [3.05, 3.63) is 52.5 Å². The highest BCUT2D eigenvalue weighted by Gasteiger charge is 2.05. The van der Waals surface area contributed by atoms with Crippen molar-refractivity contribution in [3.63, 3.8) is 0 Å². The van der Waals surface area contributed by atoms with Gasteiger partial charge in [-0.1, -0.05) is 19.1 Å². The van der Waals surface area contributed by atoms with Gasteiger partial charge in [0.2, 0.25) is 0 Å². The van der Waals surface area contributed by atoms with E-state index < -0.39 is 0 Å². The molecule has 1 N–H and O–H groups in total. The molecule has 0 amide bonds. The summed E-state index contributed by atoms with van der Waals surface area (Å²) in [5, 5.41) is 14.7. The maximum atomic E-state index is 3.94. The average Bonchev–Trinajstić information content (AvgIpc) is 3.17. The van der Waals surface area contributed by atoms with Gasteiger partial charge in [-0.05, 0) is 41.1 Å². The van der Waals surface area contributed by atoms with E-state index in [4.69, 9.17) is 0 Å². The van der Waals surface area contributed by atoms with Crippen LogP contribution in [-0.2, 0) is 13.0 Å². The van der Waals surface area contributed by atoms with Crippen molar-refractivity contribution in [1.29, 1.82) is 0 Å². The van der Waals surface area contributed by atoms with E-state index in [-0.39, 0.29) is 0 Å². The largest absolute Gasteiger partial charge is 0.378 e. The van der Waals surface area contributed by atoms with E-state index in [2.05, 4.69) is 39.9 Å². The number of nitrogens with zero attached hydrogens (tertiary/aromatic N) is 4. The Kier molecular flexibility index (Phi) is 3.73. The number of benzene rings is 1. The van der Waals surface area contributed by atoms with Gasteiger partial charge in [-0.3, -0.25) is 0 Å². The molecule has 0 aliphatic heterocycles. The third kappa shape index (κ3) is 2.70. The number of thiophene rings is 1. The molecule has 1 aromatic carbocycles. The van der Waals surface area contributed by atoms with Crippen LogP contribution < -0.4 is 5.32 Å². The lowest BCUT2D eigenvalue weighted by Gasteiger charge is -2.10. The van der Waals surface area contributed by atoms with Gasteiger partial charge in [-0.15, -0.1) is 16.4 Å². The Morgan fingerprint density at radius 2 is 2.00 bits per heavy atom. The van der Waals surface area contributed by atoms with Gasteiger partial charge >= 0.3 is 0 Å². The maximum Gasteiger partial charge on any atom is 0.143 e. The molecule has 0 radical (unpaired) electrons. The summed E-state index contributed by atoms with van der Waals surface area (Å²) in [6, 6.07) is 12.4. The van der Waals surface area contributed by atoms with Crippen LogP contribution in [0.5, 0.6) is 0 Å². The monoisotopic (exact) mass is 285 g/mol. The molecule has 0 aliphatic rings. The second-order valence-corrected chi connectivity index (χ2v) is 5.60. The summed E-state index contributed by atoms with van der Waals surface area (Å²) in [4.78, 5) is 2.74. The van der Waals surface area contributed by atoms with Crippen LogP contribution in [0.25, 0.3) is 5.69 Å². The zero-order chi connectivity index (χ0) is 13.8. The molecule has 0 spiro atoms. The molecular weight excluding hydrogens is 270 g/mol. The van der Waals surface area contributed by atoms with Gasteiger partial charge in [0.1, 0.15) is 6.33 Å². The number of aromatic nitrogens is 4. The first-order chi connectivity index (χ1) is 9.86. The average molecular weight is 285 g/mol. The third-order valence-electron chi connectivity index (χ3n) is 3.02. The van der Waals surface area contributed by atoms with Gasteiger partial charge in [0.05, 0.1) is 11.4 Å². The molecule has 0 saturated heterocycles. The summed E-state index contributed by atoms with van der Waals surface area (Å²) in [6.07, 6.45) is 2.69.